The van der Waals surface area contributed by atoms with Crippen LogP contribution in [0.5, 0.6) is 0 Å². The first kappa shape index (κ1) is 39.0. The molecule has 38 heavy (non-hydrogen) atoms. The third-order valence-electron chi connectivity index (χ3n) is 8.62. The van der Waals surface area contributed by atoms with E-state index in [0.717, 1.165) is 0 Å². The summed E-state index contributed by atoms with van der Waals surface area (Å²) in [4.78, 5) is 0. The molecule has 0 aliphatic rings. The fourth-order valence-electron chi connectivity index (χ4n) is 5.87. The number of hydrogen-bond donors (Lipinski definition) is 0. The van der Waals surface area contributed by atoms with Crippen LogP contribution in [-0.4, -0.2) is 17.8 Å². The van der Waals surface area contributed by atoms with Gasteiger partial charge in [-0.25, -0.2) is 0 Å². The van der Waals surface area contributed by atoms with Gasteiger partial charge in [0.1, 0.15) is 0 Å². The molecule has 0 aliphatic carbocycles. The second-order valence-corrected chi connectivity index (χ2v) is 22.4. The van der Waals surface area contributed by atoms with Gasteiger partial charge in [0.15, 0.2) is 0 Å². The van der Waals surface area contributed by atoms with Crippen molar-refractivity contribution in [2.75, 3.05) is 0 Å². The van der Waals surface area contributed by atoms with Crippen molar-refractivity contribution in [3.63, 3.8) is 0 Å². The fraction of sp³-hybridized carbons (Fsp3) is 1.00. The van der Waals surface area contributed by atoms with E-state index in [1.54, 1.807) is 0 Å². The number of rotatable bonds is 34. The predicted molar refractivity (Wildman–Crippen MR) is 182 cm³/mol. The summed E-state index contributed by atoms with van der Waals surface area (Å²) in [5, 5.41) is 0. The van der Waals surface area contributed by atoms with Gasteiger partial charge in [-0.2, -0.15) is 0 Å². The molecular weight excluding hydrogens is 583 g/mol. The molecule has 0 unspecified atom stereocenters. The molecule has 0 heterocycles. The maximum absolute atomic E-state index is 5.94. The summed E-state index contributed by atoms with van der Waals surface area (Å²) in [6.07, 6.45) is 47.0. The average molecular weight is 658 g/mol. The molecular formula is C36H74SSn. The van der Waals surface area contributed by atoms with Crippen molar-refractivity contribution < 1.29 is 0 Å². The molecule has 0 aliphatic heterocycles. The van der Waals surface area contributed by atoms with Crippen LogP contribution in [0.15, 0.2) is 0 Å². The zero-order valence-electron chi connectivity index (χ0n) is 26.9. The Morgan fingerprint density at radius 3 is 0.605 bits per heavy atom. The standard InChI is InChI=1S/2C18H37.S.Sn/c2*1-3-5-7-9-11-13-15-17-18-16-14-12-10-8-6-4-2;;/h2*1,3-18H2,2H3;;. The van der Waals surface area contributed by atoms with Crippen molar-refractivity contribution in [2.45, 2.75) is 228 Å². The second-order valence-electron chi connectivity index (χ2n) is 12.6. The summed E-state index contributed by atoms with van der Waals surface area (Å²) in [5.74, 6) is 0. The molecule has 0 atom stereocenters. The zero-order valence-corrected chi connectivity index (χ0v) is 30.6. The van der Waals surface area contributed by atoms with E-state index in [1.165, 1.54) is 214 Å². The monoisotopic (exact) mass is 658 g/mol. The van der Waals surface area contributed by atoms with E-state index in [4.69, 9.17) is 9.29 Å². The Kier molecular flexibility index (Phi) is 37.0. The van der Waals surface area contributed by atoms with Crippen LogP contribution in [0.25, 0.3) is 0 Å². The Hall–Kier alpha value is 1.02. The molecule has 0 amide bonds. The summed E-state index contributed by atoms with van der Waals surface area (Å²) in [6, 6.07) is 0. The minimum atomic E-state index is -1.37. The summed E-state index contributed by atoms with van der Waals surface area (Å²) in [6.45, 7) is 4.61. The van der Waals surface area contributed by atoms with Crippen molar-refractivity contribution in [1.29, 1.82) is 0 Å². The molecule has 2 heteroatoms. The molecule has 0 saturated carbocycles. The first-order chi connectivity index (χ1) is 18.8. The van der Waals surface area contributed by atoms with Gasteiger partial charge < -0.3 is 0 Å². The van der Waals surface area contributed by atoms with Crippen molar-refractivity contribution in [3.05, 3.63) is 0 Å². The summed E-state index contributed by atoms with van der Waals surface area (Å²) >= 11 is -1.37. The van der Waals surface area contributed by atoms with E-state index in [-0.39, 0.29) is 0 Å². The van der Waals surface area contributed by atoms with Gasteiger partial charge in [-0.3, -0.25) is 0 Å². The summed E-state index contributed by atoms with van der Waals surface area (Å²) in [7, 11) is 5.94. The van der Waals surface area contributed by atoms with Crippen LogP contribution < -0.4 is 0 Å². The Morgan fingerprint density at radius 2 is 0.421 bits per heavy atom. The van der Waals surface area contributed by atoms with Crippen LogP contribution in [0.4, 0.5) is 0 Å². The predicted octanol–water partition coefficient (Wildman–Crippen LogP) is 14.7. The molecule has 0 aromatic carbocycles. The SMILES string of the molecule is CCCCCCCCCCCCCCCCC[CH2][Sn](=[S])[CH2]CCCCCCCCCCCCCCCCC. The van der Waals surface area contributed by atoms with Crippen molar-refractivity contribution in [3.8, 4) is 0 Å². The molecule has 0 N–H and O–H groups in total. The summed E-state index contributed by atoms with van der Waals surface area (Å²) in [5.41, 5.74) is 0. The molecule has 0 radical (unpaired) electrons. The van der Waals surface area contributed by atoms with Crippen molar-refractivity contribution in [1.82, 2.24) is 0 Å². The van der Waals surface area contributed by atoms with Gasteiger partial charge in [-0.1, -0.05) is 78.1 Å². The van der Waals surface area contributed by atoms with Gasteiger partial charge in [-0.15, -0.1) is 0 Å². The molecule has 0 nitrogen and oxygen atoms in total. The fourth-order valence-corrected chi connectivity index (χ4v) is 12.2. The second kappa shape index (κ2) is 36.0. The molecule has 0 rings (SSSR count). The Balaban J connectivity index is 3.14. The van der Waals surface area contributed by atoms with E-state index in [2.05, 4.69) is 13.8 Å². The minimum absolute atomic E-state index is 1.37. The van der Waals surface area contributed by atoms with E-state index in [0.29, 0.717) is 0 Å². The van der Waals surface area contributed by atoms with E-state index in [9.17, 15) is 0 Å². The van der Waals surface area contributed by atoms with Gasteiger partial charge in [0.25, 0.3) is 0 Å². The third-order valence-corrected chi connectivity index (χ3v) is 16.6. The first-order valence-corrected chi connectivity index (χ1v) is 26.3. The van der Waals surface area contributed by atoms with Crippen LogP contribution in [-0.2, 0) is 0 Å². The summed E-state index contributed by atoms with van der Waals surface area (Å²) < 4.78 is 2.99. The van der Waals surface area contributed by atoms with E-state index < -0.39 is 17.8 Å². The number of hydrogen-bond acceptors (Lipinski definition) is 1. The Bertz CT molecular complexity index is 397. The molecule has 0 spiro atoms. The molecule has 0 bridgehead atoms. The zero-order chi connectivity index (χ0) is 27.6. The quantitative estimate of drug-likeness (QED) is 0.0490. The van der Waals surface area contributed by atoms with Crippen LogP contribution in [0.1, 0.15) is 219 Å². The van der Waals surface area contributed by atoms with Gasteiger partial charge in [0.2, 0.25) is 0 Å². The smallest absolute Gasteiger partial charge is 0.0654 e. The maximum atomic E-state index is 5.94. The molecule has 0 saturated heterocycles. The topological polar surface area (TPSA) is 0 Å². The van der Waals surface area contributed by atoms with Gasteiger partial charge >= 0.3 is 177 Å². The molecule has 0 aromatic rings. The minimum Gasteiger partial charge on any atom is -0.0654 e. The third kappa shape index (κ3) is 35.0. The van der Waals surface area contributed by atoms with Crippen LogP contribution in [0, 0.1) is 0 Å². The van der Waals surface area contributed by atoms with Gasteiger partial charge in [0, 0.05) is 0 Å². The molecule has 228 valence electrons. The molecule has 0 fully saturated rings. The van der Waals surface area contributed by atoms with Gasteiger partial charge in [-0.05, 0) is 0 Å². The average Bonchev–Trinajstić information content (AvgIpc) is 2.92. The first-order valence-electron chi connectivity index (χ1n) is 18.3. The Morgan fingerprint density at radius 1 is 0.263 bits per heavy atom. The van der Waals surface area contributed by atoms with Crippen LogP contribution >= 0.6 is 9.29 Å². The van der Waals surface area contributed by atoms with Crippen LogP contribution in [0.3, 0.4) is 0 Å². The normalized spacial score (nSPS) is 11.4. The van der Waals surface area contributed by atoms with E-state index >= 15 is 0 Å². The molecule has 0 aromatic heterocycles. The van der Waals surface area contributed by atoms with Crippen molar-refractivity contribution in [2.24, 2.45) is 0 Å². The van der Waals surface area contributed by atoms with Gasteiger partial charge in [0.05, 0.1) is 0 Å². The van der Waals surface area contributed by atoms with Crippen molar-refractivity contribution >= 4 is 27.1 Å². The van der Waals surface area contributed by atoms with E-state index in [1.807, 2.05) is 0 Å². The van der Waals surface area contributed by atoms with Crippen LogP contribution in [0.2, 0.25) is 8.87 Å². The Labute approximate surface area is 254 Å². The number of unbranched alkanes of at least 4 members (excludes halogenated alkanes) is 30.